The Bertz CT molecular complexity index is 1010. The molecule has 0 aliphatic heterocycles. The molecule has 0 radical (unpaired) electrons. The van der Waals surface area contributed by atoms with Gasteiger partial charge in [0.1, 0.15) is 17.5 Å². The second-order valence-electron chi connectivity index (χ2n) is 6.86. The lowest BCUT2D eigenvalue weighted by Crippen LogP contribution is -2.03. The van der Waals surface area contributed by atoms with Crippen molar-refractivity contribution >= 4 is 45.4 Å². The van der Waals surface area contributed by atoms with Crippen LogP contribution < -0.4 is 4.74 Å². The van der Waals surface area contributed by atoms with E-state index in [1.807, 2.05) is 24.6 Å². The van der Waals surface area contributed by atoms with Gasteiger partial charge in [-0.2, -0.15) is 4.98 Å². The largest absolute Gasteiger partial charge is 0.612 e. The van der Waals surface area contributed by atoms with Crippen LogP contribution in [0.1, 0.15) is 43.7 Å². The van der Waals surface area contributed by atoms with Gasteiger partial charge in [-0.3, -0.25) is 4.57 Å². The number of aromatic nitrogens is 2. The lowest BCUT2D eigenvalue weighted by atomic mass is 9.93. The SMILES string of the molecule is CCC(CC)c1ccc(Cl)c2nc(Oc3ccc([S+](C)[O-])c(C)c3Cl)n(C)c12. The first-order valence-electron chi connectivity index (χ1n) is 9.25. The average molecular weight is 439 g/mol. The highest BCUT2D eigenvalue weighted by molar-refractivity contribution is 7.90. The molecule has 1 heterocycles. The first kappa shape index (κ1) is 21.3. The van der Waals surface area contributed by atoms with Crippen LogP contribution in [-0.2, 0) is 18.2 Å². The monoisotopic (exact) mass is 438 g/mol. The third kappa shape index (κ3) is 3.73. The summed E-state index contributed by atoms with van der Waals surface area (Å²) in [5, 5.41) is 1.03. The number of benzene rings is 2. The number of ether oxygens (including phenoxy) is 1. The summed E-state index contributed by atoms with van der Waals surface area (Å²) in [6.45, 7) is 6.21. The van der Waals surface area contributed by atoms with Gasteiger partial charge in [0.05, 0.1) is 15.6 Å². The van der Waals surface area contributed by atoms with E-state index in [9.17, 15) is 4.55 Å². The Kier molecular flexibility index (Phi) is 6.50. The third-order valence-corrected chi connectivity index (χ3v) is 7.04. The Morgan fingerprint density at radius 2 is 1.86 bits per heavy atom. The maximum atomic E-state index is 11.8. The molecule has 0 bridgehead atoms. The van der Waals surface area contributed by atoms with E-state index in [4.69, 9.17) is 27.9 Å². The van der Waals surface area contributed by atoms with E-state index in [1.165, 1.54) is 5.56 Å². The molecule has 0 aliphatic carbocycles. The number of rotatable bonds is 6. The Morgan fingerprint density at radius 1 is 1.18 bits per heavy atom. The minimum Gasteiger partial charge on any atom is -0.612 e. The molecular formula is C21H24Cl2N2O2S. The van der Waals surface area contributed by atoms with Crippen LogP contribution in [0.5, 0.6) is 11.8 Å². The van der Waals surface area contributed by atoms with E-state index in [0.717, 1.165) is 29.4 Å². The zero-order valence-corrected chi connectivity index (χ0v) is 19.0. The first-order valence-corrected chi connectivity index (χ1v) is 11.6. The second-order valence-corrected chi connectivity index (χ2v) is 8.99. The highest BCUT2D eigenvalue weighted by atomic mass is 35.5. The smallest absolute Gasteiger partial charge is 0.302 e. The van der Waals surface area contributed by atoms with Gasteiger partial charge in [0, 0.05) is 12.6 Å². The van der Waals surface area contributed by atoms with Gasteiger partial charge in [-0.15, -0.1) is 0 Å². The summed E-state index contributed by atoms with van der Waals surface area (Å²) in [6, 6.07) is 7.90. The maximum absolute atomic E-state index is 11.8. The van der Waals surface area contributed by atoms with Crippen LogP contribution in [0.4, 0.5) is 0 Å². The van der Waals surface area contributed by atoms with Crippen molar-refractivity contribution in [3.8, 4) is 11.8 Å². The molecule has 0 saturated heterocycles. The highest BCUT2D eigenvalue weighted by Gasteiger charge is 2.22. The number of hydrogen-bond donors (Lipinski definition) is 0. The molecule has 1 aromatic heterocycles. The third-order valence-electron chi connectivity index (χ3n) is 5.20. The molecule has 7 heteroatoms. The van der Waals surface area contributed by atoms with Crippen LogP contribution in [0.15, 0.2) is 29.2 Å². The molecule has 0 spiro atoms. The summed E-state index contributed by atoms with van der Waals surface area (Å²) in [5.41, 5.74) is 3.67. The zero-order valence-electron chi connectivity index (χ0n) is 16.7. The molecule has 150 valence electrons. The quantitative estimate of drug-likeness (QED) is 0.406. The van der Waals surface area contributed by atoms with E-state index in [1.54, 1.807) is 18.4 Å². The van der Waals surface area contributed by atoms with Crippen LogP contribution in [0, 0.1) is 6.92 Å². The van der Waals surface area contributed by atoms with E-state index in [2.05, 4.69) is 24.9 Å². The predicted octanol–water partition coefficient (Wildman–Crippen LogP) is 6.62. The molecule has 28 heavy (non-hydrogen) atoms. The van der Waals surface area contributed by atoms with Gasteiger partial charge in [0.25, 0.3) is 0 Å². The molecule has 3 rings (SSSR count). The number of nitrogens with zero attached hydrogens (tertiary/aromatic N) is 2. The molecule has 0 saturated carbocycles. The van der Waals surface area contributed by atoms with Crippen molar-refractivity contribution in [2.45, 2.75) is 44.4 Å². The van der Waals surface area contributed by atoms with Crippen molar-refractivity contribution in [2.24, 2.45) is 7.05 Å². The summed E-state index contributed by atoms with van der Waals surface area (Å²) < 4.78 is 19.8. The number of hydrogen-bond acceptors (Lipinski definition) is 3. The fourth-order valence-electron chi connectivity index (χ4n) is 3.58. The summed E-state index contributed by atoms with van der Waals surface area (Å²) in [5.74, 6) is 0.902. The maximum Gasteiger partial charge on any atom is 0.302 e. The van der Waals surface area contributed by atoms with E-state index < -0.39 is 11.2 Å². The lowest BCUT2D eigenvalue weighted by Gasteiger charge is -2.16. The molecule has 0 amide bonds. The lowest BCUT2D eigenvalue weighted by molar-refractivity contribution is 0.427. The van der Waals surface area contributed by atoms with Gasteiger partial charge in [0.2, 0.25) is 0 Å². The van der Waals surface area contributed by atoms with Gasteiger partial charge < -0.3 is 9.29 Å². The van der Waals surface area contributed by atoms with E-state index in [-0.39, 0.29) is 0 Å². The highest BCUT2D eigenvalue weighted by Crippen LogP contribution is 2.39. The van der Waals surface area contributed by atoms with E-state index in [0.29, 0.717) is 32.6 Å². The van der Waals surface area contributed by atoms with Crippen molar-refractivity contribution in [2.75, 3.05) is 6.26 Å². The molecule has 0 aliphatic rings. The minimum atomic E-state index is -1.11. The van der Waals surface area contributed by atoms with E-state index >= 15 is 0 Å². The zero-order chi connectivity index (χ0) is 20.6. The predicted molar refractivity (Wildman–Crippen MR) is 118 cm³/mol. The number of halogens is 2. The van der Waals surface area contributed by atoms with Crippen molar-refractivity contribution in [1.29, 1.82) is 0 Å². The average Bonchev–Trinajstić information content (AvgIpc) is 2.99. The second kappa shape index (κ2) is 8.54. The number of aryl methyl sites for hydroxylation is 1. The topological polar surface area (TPSA) is 50.1 Å². The Labute approximate surface area is 179 Å². The van der Waals surface area contributed by atoms with Gasteiger partial charge in [-0.1, -0.05) is 43.1 Å². The Balaban J connectivity index is 2.11. The van der Waals surface area contributed by atoms with Crippen LogP contribution in [0.25, 0.3) is 11.0 Å². The molecule has 0 N–H and O–H groups in total. The number of imidazole rings is 1. The molecule has 3 aromatic rings. The molecule has 2 aromatic carbocycles. The van der Waals surface area contributed by atoms with Gasteiger partial charge in [0.15, 0.2) is 4.90 Å². The van der Waals surface area contributed by atoms with Crippen molar-refractivity contribution < 1.29 is 9.29 Å². The molecule has 4 nitrogen and oxygen atoms in total. The Morgan fingerprint density at radius 3 is 2.46 bits per heavy atom. The minimum absolute atomic E-state index is 0.418. The van der Waals surface area contributed by atoms with Gasteiger partial charge >= 0.3 is 6.01 Å². The summed E-state index contributed by atoms with van der Waals surface area (Å²) in [4.78, 5) is 5.33. The van der Waals surface area contributed by atoms with Crippen molar-refractivity contribution in [3.05, 3.63) is 45.4 Å². The van der Waals surface area contributed by atoms with Gasteiger partial charge in [-0.05, 0) is 60.6 Å². The van der Waals surface area contributed by atoms with Crippen LogP contribution in [-0.4, -0.2) is 20.4 Å². The first-order chi connectivity index (χ1) is 13.3. The molecule has 1 atom stereocenters. The van der Waals surface area contributed by atoms with Crippen molar-refractivity contribution in [1.82, 2.24) is 9.55 Å². The normalized spacial score (nSPS) is 12.8. The summed E-state index contributed by atoms with van der Waals surface area (Å²) in [6.07, 6.45) is 3.70. The fourth-order valence-corrected chi connectivity index (χ4v) is 4.82. The molecular weight excluding hydrogens is 415 g/mol. The fraction of sp³-hybridized carbons (Fsp3) is 0.381. The van der Waals surface area contributed by atoms with Crippen LogP contribution >= 0.6 is 23.2 Å². The standard InChI is InChI=1S/C21H24Cl2N2O2S/c1-6-13(7-2)14-8-9-15(22)19-20(14)25(4)21(24-19)27-16-10-11-17(28(5)26)12(3)18(16)23/h8-11,13H,6-7H2,1-5H3. The Hall–Kier alpha value is -1.40. The van der Waals surface area contributed by atoms with Gasteiger partial charge in [-0.25, -0.2) is 0 Å². The summed E-state index contributed by atoms with van der Waals surface area (Å²) in [7, 11) is 1.92. The number of fused-ring (bicyclic) bond motifs is 1. The summed E-state index contributed by atoms with van der Waals surface area (Å²) >= 11 is 11.8. The van der Waals surface area contributed by atoms with Crippen molar-refractivity contribution in [3.63, 3.8) is 0 Å². The molecule has 0 fully saturated rings. The van der Waals surface area contributed by atoms with Crippen LogP contribution in [0.2, 0.25) is 10.0 Å². The van der Waals surface area contributed by atoms with Crippen LogP contribution in [0.3, 0.4) is 0 Å². The molecule has 1 unspecified atom stereocenters.